The van der Waals surface area contributed by atoms with Crippen molar-refractivity contribution >= 4 is 22.8 Å². The summed E-state index contributed by atoms with van der Waals surface area (Å²) in [6, 6.07) is 0.336. The Bertz CT molecular complexity index is 1570. The molecule has 4 heterocycles. The van der Waals surface area contributed by atoms with Gasteiger partial charge in [-0.2, -0.15) is 5.10 Å². The summed E-state index contributed by atoms with van der Waals surface area (Å²) in [6.07, 6.45) is 1.20. The Kier molecular flexibility index (Phi) is 8.36. The lowest BCUT2D eigenvalue weighted by atomic mass is 9.82. The van der Waals surface area contributed by atoms with Crippen LogP contribution in [0.15, 0.2) is 12.3 Å². The molecule has 2 fully saturated rings. The Balaban J connectivity index is 1.73. The molecule has 3 aromatic rings. The number of likely N-dealkylation sites (tertiary alicyclic amines) is 1. The molecule has 0 aliphatic carbocycles. The van der Waals surface area contributed by atoms with Gasteiger partial charge in [-0.1, -0.05) is 26.7 Å². The average molecular weight is 599 g/mol. The van der Waals surface area contributed by atoms with Crippen molar-refractivity contribution in [1.29, 1.82) is 0 Å². The minimum atomic E-state index is -1.01. The largest absolute Gasteiger partial charge is 0.493 e. The van der Waals surface area contributed by atoms with Crippen LogP contribution in [-0.4, -0.2) is 88.9 Å². The number of hydrogen-bond acceptors (Lipinski definition) is 8. The fraction of sp³-hybridized carbons (Fsp3) is 0.500. The topological polar surface area (TPSA) is 128 Å². The first-order chi connectivity index (χ1) is 20.5. The normalized spacial score (nSPS) is 19.4. The molecule has 2 aliphatic heterocycles. The maximum Gasteiger partial charge on any atom is 0.407 e. The molecular weight excluding hydrogens is 562 g/mol. The van der Waals surface area contributed by atoms with E-state index in [9.17, 15) is 9.90 Å². The van der Waals surface area contributed by atoms with E-state index in [0.717, 1.165) is 24.7 Å². The van der Waals surface area contributed by atoms with Gasteiger partial charge in [0, 0.05) is 44.0 Å². The van der Waals surface area contributed by atoms with E-state index < -0.39 is 34.7 Å². The van der Waals surface area contributed by atoms with E-state index in [1.54, 1.807) is 10.9 Å². The van der Waals surface area contributed by atoms with Crippen LogP contribution in [0.1, 0.15) is 50.1 Å². The van der Waals surface area contributed by atoms with Gasteiger partial charge < -0.3 is 30.0 Å². The predicted molar refractivity (Wildman–Crippen MR) is 155 cm³/mol. The summed E-state index contributed by atoms with van der Waals surface area (Å²) in [5.74, 6) is 3.18. The SMILES string of the molecule is COc1cc(OC)c(F)c(C#Cc2nn(C3CCN(C(=O)O)[C@H]3C(C)(C)C)c3c(CN4CCOCC4)cnc(N)c23)c1F. The highest BCUT2D eigenvalue weighted by atomic mass is 19.1. The first kappa shape index (κ1) is 30.3. The van der Waals surface area contributed by atoms with Gasteiger partial charge in [-0.05, 0) is 17.8 Å². The zero-order valence-corrected chi connectivity index (χ0v) is 24.9. The Hall–Kier alpha value is -4.15. The minimum absolute atomic E-state index is 0.154. The number of nitrogens with zero attached hydrogens (tertiary/aromatic N) is 5. The molecule has 1 aromatic carbocycles. The highest BCUT2D eigenvalue weighted by molar-refractivity contribution is 5.95. The third kappa shape index (κ3) is 5.64. The Labute approximate surface area is 248 Å². The maximum atomic E-state index is 15.2. The Morgan fingerprint density at radius 1 is 1.14 bits per heavy atom. The number of ether oxygens (including phenoxy) is 3. The third-order valence-electron chi connectivity index (χ3n) is 8.02. The highest BCUT2D eigenvalue weighted by Crippen LogP contribution is 2.42. The van der Waals surface area contributed by atoms with E-state index in [-0.39, 0.29) is 29.1 Å². The molecule has 2 saturated heterocycles. The van der Waals surface area contributed by atoms with Crippen molar-refractivity contribution in [1.82, 2.24) is 24.6 Å². The van der Waals surface area contributed by atoms with Crippen LogP contribution in [0.3, 0.4) is 0 Å². The number of carboxylic acid groups (broad SMARTS) is 1. The molecule has 5 rings (SSSR count). The fourth-order valence-corrected chi connectivity index (χ4v) is 6.11. The molecule has 0 radical (unpaired) electrons. The van der Waals surface area contributed by atoms with E-state index >= 15 is 8.78 Å². The van der Waals surface area contributed by atoms with Gasteiger partial charge in [0.25, 0.3) is 0 Å². The number of benzene rings is 1. The van der Waals surface area contributed by atoms with Crippen molar-refractivity contribution in [3.05, 3.63) is 40.7 Å². The molecule has 1 unspecified atom stereocenters. The molecule has 1 amide bonds. The molecule has 0 saturated carbocycles. The number of fused-ring (bicyclic) bond motifs is 1. The second kappa shape index (κ2) is 11.9. The molecule has 2 atom stereocenters. The first-order valence-electron chi connectivity index (χ1n) is 14.0. The van der Waals surface area contributed by atoms with Crippen LogP contribution in [0, 0.1) is 28.9 Å². The monoisotopic (exact) mass is 598 g/mol. The van der Waals surface area contributed by atoms with Gasteiger partial charge in [-0.15, -0.1) is 0 Å². The van der Waals surface area contributed by atoms with E-state index in [0.29, 0.717) is 43.6 Å². The number of halogens is 2. The van der Waals surface area contributed by atoms with Crippen LogP contribution in [0.2, 0.25) is 0 Å². The fourth-order valence-electron chi connectivity index (χ4n) is 6.11. The second-order valence-corrected chi connectivity index (χ2v) is 11.8. The summed E-state index contributed by atoms with van der Waals surface area (Å²) in [4.78, 5) is 20.4. The summed E-state index contributed by atoms with van der Waals surface area (Å²) in [7, 11) is 2.52. The van der Waals surface area contributed by atoms with E-state index in [4.69, 9.17) is 25.0 Å². The van der Waals surface area contributed by atoms with E-state index in [1.165, 1.54) is 19.1 Å². The lowest BCUT2D eigenvalue weighted by Crippen LogP contribution is -2.46. The van der Waals surface area contributed by atoms with Crippen LogP contribution < -0.4 is 15.2 Å². The number of pyridine rings is 1. The van der Waals surface area contributed by atoms with Gasteiger partial charge in [0.1, 0.15) is 17.1 Å². The number of methoxy groups -OCH3 is 2. The van der Waals surface area contributed by atoms with Crippen molar-refractivity contribution in [2.75, 3.05) is 52.8 Å². The summed E-state index contributed by atoms with van der Waals surface area (Å²) < 4.78 is 47.7. The van der Waals surface area contributed by atoms with Gasteiger partial charge in [-0.3, -0.25) is 9.58 Å². The molecule has 2 aromatic heterocycles. The molecule has 3 N–H and O–H groups in total. The highest BCUT2D eigenvalue weighted by Gasteiger charge is 2.46. The van der Waals surface area contributed by atoms with Gasteiger partial charge in [0.15, 0.2) is 23.1 Å². The van der Waals surface area contributed by atoms with E-state index in [2.05, 4.69) is 21.7 Å². The summed E-state index contributed by atoms with van der Waals surface area (Å²) in [5.41, 5.74) is 7.12. The maximum absolute atomic E-state index is 15.2. The van der Waals surface area contributed by atoms with Gasteiger partial charge >= 0.3 is 6.09 Å². The minimum Gasteiger partial charge on any atom is -0.493 e. The number of morpholine rings is 1. The van der Waals surface area contributed by atoms with Gasteiger partial charge in [-0.25, -0.2) is 18.6 Å². The smallest absolute Gasteiger partial charge is 0.407 e. The number of hydrogen-bond donors (Lipinski definition) is 2. The number of anilines is 1. The number of nitrogen functional groups attached to an aromatic ring is 1. The van der Waals surface area contributed by atoms with E-state index in [1.807, 2.05) is 20.8 Å². The Morgan fingerprint density at radius 3 is 2.37 bits per heavy atom. The number of amides is 1. The molecule has 13 heteroatoms. The van der Waals surface area contributed by atoms with Crippen LogP contribution >= 0.6 is 0 Å². The van der Waals surface area contributed by atoms with Crippen molar-refractivity contribution in [3.8, 4) is 23.3 Å². The first-order valence-corrected chi connectivity index (χ1v) is 14.0. The number of rotatable bonds is 5. The molecule has 11 nitrogen and oxygen atoms in total. The Morgan fingerprint density at radius 2 is 1.79 bits per heavy atom. The van der Waals surface area contributed by atoms with Crippen molar-refractivity contribution < 1.29 is 32.9 Å². The van der Waals surface area contributed by atoms with Crippen LogP contribution in [0.25, 0.3) is 10.9 Å². The standard InChI is InChI=1S/C30H36F2N6O5/c1-30(2,3)27-20(8-9-37(27)29(39)40)38-26-17(16-36-10-12-43-13-11-36)15-34-28(33)23(26)19(35-38)7-6-18-24(31)21(41-4)14-22(42-5)25(18)32/h14-15,20,27H,8-13,16H2,1-5H3,(H2,33,34)(H,39,40)/t20?,27-/m1/s1. The summed E-state index contributed by atoms with van der Waals surface area (Å²) in [5, 5.41) is 15.3. The number of aromatic nitrogens is 3. The summed E-state index contributed by atoms with van der Waals surface area (Å²) >= 11 is 0. The lowest BCUT2D eigenvalue weighted by Gasteiger charge is -2.37. The van der Waals surface area contributed by atoms with Crippen molar-refractivity contribution in [2.45, 2.75) is 45.8 Å². The van der Waals surface area contributed by atoms with Crippen molar-refractivity contribution in [2.24, 2.45) is 5.41 Å². The van der Waals surface area contributed by atoms with Gasteiger partial charge in [0.2, 0.25) is 0 Å². The molecular formula is C30H36F2N6O5. The zero-order valence-electron chi connectivity index (χ0n) is 24.9. The number of carbonyl (C=O) groups is 1. The molecule has 0 bridgehead atoms. The predicted octanol–water partition coefficient (Wildman–Crippen LogP) is 3.88. The average Bonchev–Trinajstić information content (AvgIpc) is 3.59. The van der Waals surface area contributed by atoms with Crippen LogP contribution in [0.4, 0.5) is 19.4 Å². The molecule has 0 spiro atoms. The zero-order chi connectivity index (χ0) is 31.1. The van der Waals surface area contributed by atoms with Crippen LogP contribution in [0.5, 0.6) is 11.5 Å². The van der Waals surface area contributed by atoms with Crippen molar-refractivity contribution in [3.63, 3.8) is 0 Å². The van der Waals surface area contributed by atoms with Gasteiger partial charge in [0.05, 0.1) is 50.4 Å². The second-order valence-electron chi connectivity index (χ2n) is 11.8. The summed E-state index contributed by atoms with van der Waals surface area (Å²) in [6.45, 7) is 9.48. The molecule has 230 valence electrons. The lowest BCUT2D eigenvalue weighted by molar-refractivity contribution is 0.0342. The molecule has 43 heavy (non-hydrogen) atoms. The molecule has 2 aliphatic rings. The number of nitrogens with two attached hydrogens (primary N) is 1. The third-order valence-corrected chi connectivity index (χ3v) is 8.02. The quantitative estimate of drug-likeness (QED) is 0.421. The van der Waals surface area contributed by atoms with Crippen LogP contribution in [-0.2, 0) is 11.3 Å².